The quantitative estimate of drug-likeness (QED) is 0.350. The van der Waals surface area contributed by atoms with Crippen LogP contribution in [-0.4, -0.2) is 33.3 Å². The maximum atomic E-state index is 13.2. The number of nitrogens with zero attached hydrogens (tertiary/aromatic N) is 2. The Morgan fingerprint density at radius 2 is 1.94 bits per heavy atom. The third-order valence-corrected chi connectivity index (χ3v) is 7.18. The van der Waals surface area contributed by atoms with E-state index in [4.69, 9.17) is 11.6 Å². The number of benzene rings is 2. The lowest BCUT2D eigenvalue weighted by Gasteiger charge is -2.15. The molecular weight excluding hydrogens is 511 g/mol. The Labute approximate surface area is 205 Å². The summed E-state index contributed by atoms with van der Waals surface area (Å²) in [4.78, 5) is 30.7. The zero-order chi connectivity index (χ0) is 24.3. The third-order valence-electron chi connectivity index (χ3n) is 4.76. The van der Waals surface area contributed by atoms with Gasteiger partial charge in [0, 0.05) is 23.7 Å². The second-order valence-electron chi connectivity index (χ2n) is 7.11. The number of fused-ring (bicyclic) bond motifs is 1. The fourth-order valence-corrected chi connectivity index (χ4v) is 5.32. The molecule has 34 heavy (non-hydrogen) atoms. The van der Waals surface area contributed by atoms with Crippen LogP contribution in [0.5, 0.6) is 5.75 Å². The fourth-order valence-electron chi connectivity index (χ4n) is 3.23. The predicted octanol–water partition coefficient (Wildman–Crippen LogP) is 4.84. The van der Waals surface area contributed by atoms with Gasteiger partial charge in [-0.25, -0.2) is 4.98 Å². The minimum Gasteiger partial charge on any atom is -0.406 e. The smallest absolute Gasteiger partial charge is 0.406 e. The highest BCUT2D eigenvalue weighted by Gasteiger charge is 2.31. The molecule has 178 valence electrons. The van der Waals surface area contributed by atoms with E-state index < -0.39 is 12.1 Å². The summed E-state index contributed by atoms with van der Waals surface area (Å²) >= 11 is 8.56. The number of thioether (sulfide) groups is 2. The zero-order valence-electron chi connectivity index (χ0n) is 17.4. The average molecular weight is 528 g/mol. The number of hydrogen-bond acceptors (Lipinski definition) is 6. The summed E-state index contributed by atoms with van der Waals surface area (Å²) in [7, 11) is 0. The van der Waals surface area contributed by atoms with Crippen LogP contribution in [0.25, 0.3) is 5.69 Å². The van der Waals surface area contributed by atoms with E-state index in [1.807, 2.05) is 6.07 Å². The maximum absolute atomic E-state index is 13.2. The van der Waals surface area contributed by atoms with Crippen molar-refractivity contribution in [2.75, 3.05) is 11.5 Å². The van der Waals surface area contributed by atoms with Gasteiger partial charge in [-0.1, -0.05) is 41.6 Å². The number of halogens is 4. The minimum absolute atomic E-state index is 0.0158. The highest BCUT2D eigenvalue weighted by molar-refractivity contribution is 8.00. The SMILES string of the molecule is O=C(CSc1nc2c(c(=O)n1-c1ccc(OC(F)(F)F)cc1)SCC2)NCc1ccccc1Cl. The van der Waals surface area contributed by atoms with Crippen molar-refractivity contribution in [1.82, 2.24) is 14.9 Å². The van der Waals surface area contributed by atoms with Crippen LogP contribution in [0.2, 0.25) is 5.02 Å². The molecule has 4 rings (SSSR count). The molecule has 1 N–H and O–H groups in total. The first-order valence-corrected chi connectivity index (χ1v) is 12.3. The van der Waals surface area contributed by atoms with E-state index in [2.05, 4.69) is 15.0 Å². The standard InChI is InChI=1S/C22H17ClF3N3O3S2/c23-16-4-2-1-3-13(16)11-27-18(30)12-34-21-28-17-9-10-33-19(17)20(31)29(21)14-5-7-15(8-6-14)32-22(24,25)26/h1-8H,9-12H2,(H,27,30). The second-order valence-corrected chi connectivity index (χ2v) is 9.56. The van der Waals surface area contributed by atoms with Gasteiger partial charge < -0.3 is 10.1 Å². The van der Waals surface area contributed by atoms with Crippen LogP contribution in [0.3, 0.4) is 0 Å². The van der Waals surface area contributed by atoms with Crippen LogP contribution in [0.1, 0.15) is 11.3 Å². The number of hydrogen-bond donors (Lipinski definition) is 1. The molecule has 0 aliphatic carbocycles. The summed E-state index contributed by atoms with van der Waals surface area (Å²) in [5.74, 6) is 0.0102. The Balaban J connectivity index is 1.54. The van der Waals surface area contributed by atoms with E-state index >= 15 is 0 Å². The van der Waals surface area contributed by atoms with Gasteiger partial charge >= 0.3 is 6.36 Å². The Kier molecular flexibility index (Phi) is 7.44. The van der Waals surface area contributed by atoms with Gasteiger partial charge in [0.2, 0.25) is 5.91 Å². The summed E-state index contributed by atoms with van der Waals surface area (Å²) in [5, 5.41) is 3.60. The number of aryl methyl sites for hydroxylation is 1. The number of amides is 1. The number of nitrogens with one attached hydrogen (secondary N) is 1. The topological polar surface area (TPSA) is 73.2 Å². The molecule has 12 heteroatoms. The van der Waals surface area contributed by atoms with Gasteiger partial charge in [-0.3, -0.25) is 14.2 Å². The van der Waals surface area contributed by atoms with E-state index in [9.17, 15) is 22.8 Å². The first-order chi connectivity index (χ1) is 16.2. The van der Waals surface area contributed by atoms with E-state index in [1.165, 1.54) is 28.5 Å². The monoisotopic (exact) mass is 527 g/mol. The number of aromatic nitrogens is 2. The molecule has 3 aromatic rings. The lowest BCUT2D eigenvalue weighted by Crippen LogP contribution is -2.27. The molecule has 0 bridgehead atoms. The summed E-state index contributed by atoms with van der Waals surface area (Å²) in [5.41, 5.74) is 1.42. The normalized spacial score (nSPS) is 12.9. The van der Waals surface area contributed by atoms with Gasteiger partial charge in [-0.05, 0) is 35.9 Å². The Morgan fingerprint density at radius 1 is 1.21 bits per heavy atom. The van der Waals surface area contributed by atoms with Gasteiger partial charge in [0.05, 0.1) is 22.0 Å². The highest BCUT2D eigenvalue weighted by atomic mass is 35.5. The summed E-state index contributed by atoms with van der Waals surface area (Å²) < 4.78 is 42.6. The van der Waals surface area contributed by atoms with E-state index in [0.717, 1.165) is 29.5 Å². The zero-order valence-corrected chi connectivity index (χ0v) is 19.8. The molecule has 2 aromatic carbocycles. The van der Waals surface area contributed by atoms with Crippen molar-refractivity contribution in [3.8, 4) is 11.4 Å². The molecule has 0 spiro atoms. The minimum atomic E-state index is -4.82. The number of carbonyl (C=O) groups excluding carboxylic acids is 1. The third kappa shape index (κ3) is 5.89. The summed E-state index contributed by atoms with van der Waals surface area (Å²) in [6, 6.07) is 12.1. The second kappa shape index (κ2) is 10.3. The summed E-state index contributed by atoms with van der Waals surface area (Å²) in [6.45, 7) is 0.251. The molecule has 2 heterocycles. The van der Waals surface area contributed by atoms with Crippen LogP contribution in [0, 0.1) is 0 Å². The van der Waals surface area contributed by atoms with Crippen LogP contribution in [-0.2, 0) is 17.8 Å². The molecule has 1 aromatic heterocycles. The van der Waals surface area contributed by atoms with Crippen molar-refractivity contribution >= 4 is 41.0 Å². The largest absolute Gasteiger partial charge is 0.573 e. The van der Waals surface area contributed by atoms with Gasteiger partial charge in [0.15, 0.2) is 5.16 Å². The van der Waals surface area contributed by atoms with Crippen molar-refractivity contribution in [2.24, 2.45) is 0 Å². The van der Waals surface area contributed by atoms with E-state index in [1.54, 1.807) is 18.2 Å². The van der Waals surface area contributed by atoms with Crippen molar-refractivity contribution < 1.29 is 22.7 Å². The molecule has 1 amide bonds. The first kappa shape index (κ1) is 24.5. The Bertz CT molecular complexity index is 1270. The van der Waals surface area contributed by atoms with Crippen molar-refractivity contribution in [3.05, 3.63) is 75.2 Å². The average Bonchev–Trinajstić information content (AvgIpc) is 3.26. The Morgan fingerprint density at radius 3 is 2.65 bits per heavy atom. The lowest BCUT2D eigenvalue weighted by molar-refractivity contribution is -0.274. The molecule has 0 radical (unpaired) electrons. The van der Waals surface area contributed by atoms with Crippen molar-refractivity contribution in [2.45, 2.75) is 29.4 Å². The van der Waals surface area contributed by atoms with Crippen LogP contribution in [0.4, 0.5) is 13.2 Å². The van der Waals surface area contributed by atoms with Crippen LogP contribution in [0.15, 0.2) is 63.4 Å². The van der Waals surface area contributed by atoms with E-state index in [-0.39, 0.29) is 28.9 Å². The molecule has 0 saturated heterocycles. The number of alkyl halides is 3. The van der Waals surface area contributed by atoms with Gasteiger partial charge in [-0.2, -0.15) is 0 Å². The van der Waals surface area contributed by atoms with E-state index in [0.29, 0.717) is 33.5 Å². The van der Waals surface area contributed by atoms with Gasteiger partial charge in [0.1, 0.15) is 5.75 Å². The number of ether oxygens (including phenoxy) is 1. The number of carbonyl (C=O) groups is 1. The van der Waals surface area contributed by atoms with Crippen molar-refractivity contribution in [1.29, 1.82) is 0 Å². The molecule has 0 fully saturated rings. The van der Waals surface area contributed by atoms with Crippen LogP contribution < -0.4 is 15.6 Å². The molecular formula is C22H17ClF3N3O3S2. The lowest BCUT2D eigenvalue weighted by atomic mass is 10.2. The molecule has 0 atom stereocenters. The number of rotatable bonds is 7. The predicted molar refractivity (Wildman–Crippen MR) is 125 cm³/mol. The fraction of sp³-hybridized carbons (Fsp3) is 0.227. The van der Waals surface area contributed by atoms with Crippen LogP contribution >= 0.6 is 35.1 Å². The Hall–Kier alpha value is -2.63. The van der Waals surface area contributed by atoms with Gasteiger partial charge in [-0.15, -0.1) is 24.9 Å². The molecule has 1 aliphatic heterocycles. The first-order valence-electron chi connectivity index (χ1n) is 9.99. The maximum Gasteiger partial charge on any atom is 0.573 e. The summed E-state index contributed by atoms with van der Waals surface area (Å²) in [6.07, 6.45) is -4.19. The molecule has 0 saturated carbocycles. The van der Waals surface area contributed by atoms with Crippen molar-refractivity contribution in [3.63, 3.8) is 0 Å². The molecule has 0 unspecified atom stereocenters. The molecule has 6 nitrogen and oxygen atoms in total. The van der Waals surface area contributed by atoms with Gasteiger partial charge in [0.25, 0.3) is 5.56 Å². The highest BCUT2D eigenvalue weighted by Crippen LogP contribution is 2.31. The molecule has 1 aliphatic rings.